The molecule has 1 aromatic carbocycles. The summed E-state index contributed by atoms with van der Waals surface area (Å²) < 4.78 is 18.6. The highest BCUT2D eigenvalue weighted by molar-refractivity contribution is 7.99. The van der Waals surface area contributed by atoms with Gasteiger partial charge in [0.25, 0.3) is 5.22 Å². The lowest BCUT2D eigenvalue weighted by Crippen LogP contribution is -2.14. The molecular weight excluding hydrogens is 281 g/mol. The van der Waals surface area contributed by atoms with Crippen molar-refractivity contribution >= 4 is 23.4 Å². The molecule has 0 spiro atoms. The number of carbonyl (C=O) groups excluding carboxylic acids is 1. The van der Waals surface area contributed by atoms with Gasteiger partial charge in [0.15, 0.2) is 0 Å². The molecule has 7 heteroatoms. The number of benzene rings is 1. The second-order valence-corrected chi connectivity index (χ2v) is 5.04. The topological polar surface area (TPSA) is 68.0 Å². The van der Waals surface area contributed by atoms with Crippen LogP contribution in [0.25, 0.3) is 0 Å². The predicted octanol–water partition coefficient (Wildman–Crippen LogP) is 2.81. The third kappa shape index (κ3) is 3.80. The molecule has 0 saturated carbocycles. The molecule has 5 nitrogen and oxygen atoms in total. The van der Waals surface area contributed by atoms with Gasteiger partial charge in [-0.3, -0.25) is 4.79 Å². The quantitative estimate of drug-likeness (QED) is 0.859. The maximum Gasteiger partial charge on any atom is 0.277 e. The molecule has 0 aliphatic heterocycles. The zero-order valence-electron chi connectivity index (χ0n) is 11.1. The van der Waals surface area contributed by atoms with Gasteiger partial charge in [0.1, 0.15) is 5.82 Å². The number of amides is 1. The zero-order valence-corrected chi connectivity index (χ0v) is 12.0. The fraction of sp³-hybridized carbons (Fsp3) is 0.308. The Hall–Kier alpha value is -1.89. The normalized spacial score (nSPS) is 10.6. The Kier molecular flexibility index (Phi) is 4.73. The second-order valence-electron chi connectivity index (χ2n) is 4.12. The number of nitrogens with zero attached hydrogens (tertiary/aromatic N) is 2. The number of hydrogen-bond acceptors (Lipinski definition) is 5. The number of aryl methyl sites for hydroxylation is 2. The Morgan fingerprint density at radius 3 is 2.90 bits per heavy atom. The smallest absolute Gasteiger partial charge is 0.277 e. The summed E-state index contributed by atoms with van der Waals surface area (Å²) >= 11 is 1.15. The van der Waals surface area contributed by atoms with E-state index in [9.17, 15) is 9.18 Å². The first-order chi connectivity index (χ1) is 9.58. The van der Waals surface area contributed by atoms with Crippen molar-refractivity contribution in [2.24, 2.45) is 0 Å². The number of carbonyl (C=O) groups is 1. The van der Waals surface area contributed by atoms with E-state index in [0.29, 0.717) is 28.8 Å². The van der Waals surface area contributed by atoms with Gasteiger partial charge in [-0.25, -0.2) is 4.39 Å². The van der Waals surface area contributed by atoms with Gasteiger partial charge >= 0.3 is 0 Å². The molecule has 1 N–H and O–H groups in total. The minimum Gasteiger partial charge on any atom is -0.416 e. The summed E-state index contributed by atoms with van der Waals surface area (Å²) in [5.41, 5.74) is 0.966. The number of nitrogens with one attached hydrogen (secondary N) is 1. The van der Waals surface area contributed by atoms with Gasteiger partial charge in [-0.2, -0.15) is 0 Å². The molecule has 0 radical (unpaired) electrons. The lowest BCUT2D eigenvalue weighted by molar-refractivity contribution is -0.113. The SMILES string of the molecule is CCc1nnc(SCC(=O)Nc2ccc(C)c(F)c2)o1. The van der Waals surface area contributed by atoms with Crippen LogP contribution in [0.3, 0.4) is 0 Å². The van der Waals surface area contributed by atoms with Crippen molar-refractivity contribution < 1.29 is 13.6 Å². The van der Waals surface area contributed by atoms with E-state index in [4.69, 9.17) is 4.42 Å². The first-order valence-corrected chi connectivity index (χ1v) is 7.08. The van der Waals surface area contributed by atoms with Crippen LogP contribution in [0, 0.1) is 12.7 Å². The van der Waals surface area contributed by atoms with Gasteiger partial charge in [-0.05, 0) is 24.6 Å². The highest BCUT2D eigenvalue weighted by atomic mass is 32.2. The van der Waals surface area contributed by atoms with Crippen LogP contribution in [0.1, 0.15) is 18.4 Å². The molecule has 0 aliphatic rings. The fourth-order valence-corrected chi connectivity index (χ4v) is 2.01. The summed E-state index contributed by atoms with van der Waals surface area (Å²) in [5, 5.41) is 10.6. The number of hydrogen-bond donors (Lipinski definition) is 1. The van der Waals surface area contributed by atoms with E-state index in [1.807, 2.05) is 6.92 Å². The molecule has 2 aromatic rings. The summed E-state index contributed by atoms with van der Waals surface area (Å²) in [6.07, 6.45) is 0.655. The summed E-state index contributed by atoms with van der Waals surface area (Å²) in [6, 6.07) is 4.56. The summed E-state index contributed by atoms with van der Waals surface area (Å²) in [4.78, 5) is 11.7. The Bertz CT molecular complexity index is 615. The number of aromatic nitrogens is 2. The van der Waals surface area contributed by atoms with Crippen LogP contribution in [0.5, 0.6) is 0 Å². The molecule has 20 heavy (non-hydrogen) atoms. The largest absolute Gasteiger partial charge is 0.416 e. The van der Waals surface area contributed by atoms with E-state index >= 15 is 0 Å². The molecule has 0 atom stereocenters. The van der Waals surface area contributed by atoms with Gasteiger partial charge in [-0.1, -0.05) is 24.8 Å². The minimum atomic E-state index is -0.347. The van der Waals surface area contributed by atoms with Crippen molar-refractivity contribution in [2.75, 3.05) is 11.1 Å². The first-order valence-electron chi connectivity index (χ1n) is 6.09. The van der Waals surface area contributed by atoms with E-state index in [-0.39, 0.29) is 17.5 Å². The number of anilines is 1. The molecule has 0 aliphatic carbocycles. The second kappa shape index (κ2) is 6.51. The van der Waals surface area contributed by atoms with Gasteiger partial charge < -0.3 is 9.73 Å². The standard InChI is InChI=1S/C13H14FN3O2S/c1-3-12-16-17-13(19-12)20-7-11(18)15-9-5-4-8(2)10(14)6-9/h4-6H,3,7H2,1-2H3,(H,15,18). The highest BCUT2D eigenvalue weighted by Gasteiger charge is 2.09. The van der Waals surface area contributed by atoms with Crippen molar-refractivity contribution in [1.82, 2.24) is 10.2 Å². The Balaban J connectivity index is 1.87. The molecule has 106 valence electrons. The van der Waals surface area contributed by atoms with Crippen LogP contribution >= 0.6 is 11.8 Å². The van der Waals surface area contributed by atoms with Crippen LogP contribution in [0.15, 0.2) is 27.8 Å². The molecule has 0 bridgehead atoms. The fourth-order valence-electron chi connectivity index (χ4n) is 1.43. The van der Waals surface area contributed by atoms with E-state index in [0.717, 1.165) is 11.8 Å². The van der Waals surface area contributed by atoms with Crippen LogP contribution in [-0.2, 0) is 11.2 Å². The van der Waals surface area contributed by atoms with Crippen LogP contribution in [0.4, 0.5) is 10.1 Å². The third-order valence-electron chi connectivity index (χ3n) is 2.53. The lowest BCUT2D eigenvalue weighted by atomic mass is 10.2. The zero-order chi connectivity index (χ0) is 14.5. The molecule has 0 unspecified atom stereocenters. The van der Waals surface area contributed by atoms with Crippen molar-refractivity contribution in [2.45, 2.75) is 25.5 Å². The maximum atomic E-state index is 13.3. The lowest BCUT2D eigenvalue weighted by Gasteiger charge is -2.05. The molecule has 1 aromatic heterocycles. The van der Waals surface area contributed by atoms with Crippen LogP contribution < -0.4 is 5.32 Å². The first kappa shape index (κ1) is 14.5. The predicted molar refractivity (Wildman–Crippen MR) is 74.2 cm³/mol. The molecular formula is C13H14FN3O2S. The Labute approximate surface area is 120 Å². The Morgan fingerprint density at radius 2 is 2.25 bits per heavy atom. The van der Waals surface area contributed by atoms with E-state index < -0.39 is 0 Å². The molecule has 2 rings (SSSR count). The van der Waals surface area contributed by atoms with E-state index in [1.54, 1.807) is 19.1 Å². The summed E-state index contributed by atoms with van der Waals surface area (Å²) in [6.45, 7) is 3.57. The van der Waals surface area contributed by atoms with Gasteiger partial charge in [-0.15, -0.1) is 10.2 Å². The van der Waals surface area contributed by atoms with Crippen molar-refractivity contribution in [3.63, 3.8) is 0 Å². The van der Waals surface area contributed by atoms with Gasteiger partial charge in [0.05, 0.1) is 5.75 Å². The van der Waals surface area contributed by atoms with Crippen molar-refractivity contribution in [3.05, 3.63) is 35.5 Å². The highest BCUT2D eigenvalue weighted by Crippen LogP contribution is 2.18. The van der Waals surface area contributed by atoms with Crippen LogP contribution in [0.2, 0.25) is 0 Å². The third-order valence-corrected chi connectivity index (χ3v) is 3.35. The Morgan fingerprint density at radius 1 is 1.45 bits per heavy atom. The summed E-state index contributed by atoms with van der Waals surface area (Å²) in [5.74, 6) is 0.0591. The van der Waals surface area contributed by atoms with Gasteiger partial charge in [0, 0.05) is 12.1 Å². The number of thioether (sulfide) groups is 1. The van der Waals surface area contributed by atoms with Crippen molar-refractivity contribution in [3.8, 4) is 0 Å². The molecule has 0 saturated heterocycles. The van der Waals surface area contributed by atoms with E-state index in [2.05, 4.69) is 15.5 Å². The van der Waals surface area contributed by atoms with Crippen molar-refractivity contribution in [1.29, 1.82) is 0 Å². The van der Waals surface area contributed by atoms with Gasteiger partial charge in [0.2, 0.25) is 11.8 Å². The van der Waals surface area contributed by atoms with E-state index in [1.165, 1.54) is 6.07 Å². The number of halogens is 1. The molecule has 1 amide bonds. The molecule has 0 fully saturated rings. The summed E-state index contributed by atoms with van der Waals surface area (Å²) in [7, 11) is 0. The molecule has 1 heterocycles. The average molecular weight is 295 g/mol. The monoisotopic (exact) mass is 295 g/mol. The average Bonchev–Trinajstić information content (AvgIpc) is 2.89. The van der Waals surface area contributed by atoms with Crippen LogP contribution in [-0.4, -0.2) is 21.9 Å². The minimum absolute atomic E-state index is 0.126. The number of rotatable bonds is 5. The maximum absolute atomic E-state index is 13.3.